The van der Waals surface area contributed by atoms with Crippen molar-refractivity contribution in [3.05, 3.63) is 12.2 Å². The molecule has 1 aromatic rings. The zero-order valence-corrected chi connectivity index (χ0v) is 9.85. The monoisotopic (exact) mass is 221 g/mol. The van der Waals surface area contributed by atoms with E-state index >= 15 is 0 Å². The molecule has 1 heterocycles. The Labute approximate surface area is 94.3 Å². The van der Waals surface area contributed by atoms with Crippen molar-refractivity contribution in [2.24, 2.45) is 0 Å². The Morgan fingerprint density at radius 3 is 2.69 bits per heavy atom. The maximum atomic E-state index is 11.8. The quantitative estimate of drug-likeness (QED) is 0.793. The number of nitrogens with one attached hydrogen (secondary N) is 1. The molecule has 0 radical (unpaired) electrons. The molecule has 1 N–H and O–H groups in total. The predicted octanol–water partition coefficient (Wildman–Crippen LogP) is 0.625. The molecule has 0 fully saturated rings. The molecule has 0 bridgehead atoms. The summed E-state index contributed by atoms with van der Waals surface area (Å²) in [6, 6.07) is 1.34. The van der Waals surface area contributed by atoms with E-state index in [1.165, 1.54) is 11.0 Å². The first-order valence-corrected chi connectivity index (χ1v) is 4.97. The lowest BCUT2D eigenvalue weighted by Gasteiger charge is -2.23. The van der Waals surface area contributed by atoms with Gasteiger partial charge in [0.05, 0.1) is 0 Å². The average molecular weight is 221 g/mol. The summed E-state index contributed by atoms with van der Waals surface area (Å²) in [7, 11) is 0. The van der Waals surface area contributed by atoms with Crippen LogP contribution in [0.5, 0.6) is 0 Å². The van der Waals surface area contributed by atoms with Crippen LogP contribution in [0.25, 0.3) is 0 Å². The predicted molar refractivity (Wildman–Crippen MR) is 57.3 cm³/mol. The second-order valence-corrected chi connectivity index (χ2v) is 4.58. The molecule has 1 atom stereocenters. The van der Waals surface area contributed by atoms with E-state index in [4.69, 9.17) is 5.26 Å². The smallest absolute Gasteiger partial charge is 0.252 e. The molecule has 0 spiro atoms. The number of amides is 1. The van der Waals surface area contributed by atoms with Crippen LogP contribution < -0.4 is 5.32 Å². The van der Waals surface area contributed by atoms with E-state index in [1.54, 1.807) is 6.92 Å². The molecular weight excluding hydrogens is 206 g/mol. The summed E-state index contributed by atoms with van der Waals surface area (Å²) in [6.07, 6.45) is 1.38. The van der Waals surface area contributed by atoms with Crippen molar-refractivity contribution in [2.75, 3.05) is 0 Å². The van der Waals surface area contributed by atoms with Gasteiger partial charge in [0.2, 0.25) is 5.91 Å². The van der Waals surface area contributed by atoms with E-state index in [-0.39, 0.29) is 17.3 Å². The summed E-state index contributed by atoms with van der Waals surface area (Å²) in [6.45, 7) is 7.41. The van der Waals surface area contributed by atoms with Gasteiger partial charge in [-0.3, -0.25) is 4.79 Å². The normalized spacial score (nSPS) is 12.9. The van der Waals surface area contributed by atoms with Gasteiger partial charge in [-0.25, -0.2) is 9.67 Å². The molecule has 6 heteroatoms. The van der Waals surface area contributed by atoms with Crippen LogP contribution in [0.1, 0.15) is 39.6 Å². The highest BCUT2D eigenvalue weighted by Gasteiger charge is 2.21. The maximum Gasteiger partial charge on any atom is 0.252 e. The topological polar surface area (TPSA) is 83.6 Å². The van der Waals surface area contributed by atoms with Gasteiger partial charge < -0.3 is 5.32 Å². The van der Waals surface area contributed by atoms with Gasteiger partial charge in [0.1, 0.15) is 18.4 Å². The number of nitrogens with zero attached hydrogens (tertiary/aromatic N) is 4. The van der Waals surface area contributed by atoms with E-state index in [0.717, 1.165) is 0 Å². The number of carbonyl (C=O) groups is 1. The van der Waals surface area contributed by atoms with Crippen LogP contribution in [0.2, 0.25) is 0 Å². The Balaban J connectivity index is 2.75. The Kier molecular flexibility index (Phi) is 3.28. The second-order valence-electron chi connectivity index (χ2n) is 4.58. The van der Waals surface area contributed by atoms with Gasteiger partial charge in [-0.1, -0.05) is 0 Å². The largest absolute Gasteiger partial charge is 0.350 e. The van der Waals surface area contributed by atoms with Crippen LogP contribution in [0, 0.1) is 11.3 Å². The first-order chi connectivity index (χ1) is 7.33. The Morgan fingerprint density at radius 2 is 2.25 bits per heavy atom. The molecule has 1 amide bonds. The van der Waals surface area contributed by atoms with Crippen LogP contribution in [0.3, 0.4) is 0 Å². The van der Waals surface area contributed by atoms with E-state index in [1.807, 2.05) is 26.8 Å². The zero-order valence-electron chi connectivity index (χ0n) is 9.85. The molecule has 0 aliphatic heterocycles. The molecule has 0 aromatic carbocycles. The fraction of sp³-hybridized carbons (Fsp3) is 0.600. The fourth-order valence-corrected chi connectivity index (χ4v) is 1.11. The van der Waals surface area contributed by atoms with Gasteiger partial charge in [-0.2, -0.15) is 5.26 Å². The third-order valence-corrected chi connectivity index (χ3v) is 1.88. The number of aromatic nitrogens is 3. The van der Waals surface area contributed by atoms with Gasteiger partial charge >= 0.3 is 0 Å². The van der Waals surface area contributed by atoms with Gasteiger partial charge in [0.25, 0.3) is 5.82 Å². The SMILES string of the molecule is CC(C(=O)NC(C)(C)C)n1cnc(C#N)n1. The zero-order chi connectivity index (χ0) is 12.3. The minimum atomic E-state index is -0.478. The number of hydrogen-bond acceptors (Lipinski definition) is 4. The summed E-state index contributed by atoms with van der Waals surface area (Å²) >= 11 is 0. The van der Waals surface area contributed by atoms with Crippen LogP contribution in [0.4, 0.5) is 0 Å². The standard InChI is InChI=1S/C10H15N5O/c1-7(9(16)13-10(2,3)4)15-6-12-8(5-11)14-15/h6-7H,1-4H3,(H,13,16). The molecule has 0 saturated carbocycles. The van der Waals surface area contributed by atoms with Gasteiger partial charge in [0.15, 0.2) is 0 Å². The molecule has 0 aliphatic rings. The second kappa shape index (κ2) is 4.31. The third kappa shape index (κ3) is 3.05. The number of carbonyl (C=O) groups excluding carboxylic acids is 1. The highest BCUT2D eigenvalue weighted by molar-refractivity contribution is 5.80. The minimum absolute atomic E-state index is 0.0652. The number of rotatable bonds is 2. The van der Waals surface area contributed by atoms with Gasteiger partial charge in [-0.05, 0) is 27.7 Å². The van der Waals surface area contributed by atoms with Crippen LogP contribution in [-0.4, -0.2) is 26.2 Å². The number of nitriles is 1. The van der Waals surface area contributed by atoms with Crippen LogP contribution >= 0.6 is 0 Å². The maximum absolute atomic E-state index is 11.8. The lowest BCUT2D eigenvalue weighted by molar-refractivity contribution is -0.125. The molecular formula is C10H15N5O. The van der Waals surface area contributed by atoms with E-state index in [2.05, 4.69) is 15.4 Å². The molecule has 0 saturated heterocycles. The van der Waals surface area contributed by atoms with Crippen molar-refractivity contribution in [3.8, 4) is 6.07 Å². The molecule has 1 unspecified atom stereocenters. The van der Waals surface area contributed by atoms with E-state index in [9.17, 15) is 4.79 Å². The van der Waals surface area contributed by atoms with Gasteiger partial charge in [-0.15, -0.1) is 5.10 Å². The summed E-state index contributed by atoms with van der Waals surface area (Å²) in [5, 5.41) is 15.3. The molecule has 0 aliphatic carbocycles. The van der Waals surface area contributed by atoms with Gasteiger partial charge in [0, 0.05) is 5.54 Å². The highest BCUT2D eigenvalue weighted by atomic mass is 16.2. The minimum Gasteiger partial charge on any atom is -0.350 e. The lowest BCUT2D eigenvalue weighted by Crippen LogP contribution is -2.43. The molecule has 1 aromatic heterocycles. The first-order valence-electron chi connectivity index (χ1n) is 4.97. The molecule has 86 valence electrons. The van der Waals surface area contributed by atoms with Crippen molar-refractivity contribution in [1.82, 2.24) is 20.1 Å². The fourth-order valence-electron chi connectivity index (χ4n) is 1.11. The van der Waals surface area contributed by atoms with Crippen molar-refractivity contribution < 1.29 is 4.79 Å². The Bertz CT molecular complexity index is 423. The van der Waals surface area contributed by atoms with Crippen LogP contribution in [0.15, 0.2) is 6.33 Å². The summed E-state index contributed by atoms with van der Waals surface area (Å²) in [5.41, 5.74) is -0.288. The van der Waals surface area contributed by atoms with Crippen molar-refractivity contribution >= 4 is 5.91 Å². The van der Waals surface area contributed by atoms with E-state index < -0.39 is 6.04 Å². The third-order valence-electron chi connectivity index (χ3n) is 1.88. The average Bonchev–Trinajstić information content (AvgIpc) is 2.61. The Morgan fingerprint density at radius 1 is 1.62 bits per heavy atom. The van der Waals surface area contributed by atoms with Crippen LogP contribution in [-0.2, 0) is 4.79 Å². The molecule has 6 nitrogen and oxygen atoms in total. The van der Waals surface area contributed by atoms with Crippen molar-refractivity contribution in [2.45, 2.75) is 39.3 Å². The summed E-state index contributed by atoms with van der Waals surface area (Å²) in [5.74, 6) is -0.0858. The highest BCUT2D eigenvalue weighted by Crippen LogP contribution is 2.07. The van der Waals surface area contributed by atoms with E-state index in [0.29, 0.717) is 0 Å². The summed E-state index contributed by atoms with van der Waals surface area (Å²) < 4.78 is 1.37. The molecule has 16 heavy (non-hydrogen) atoms. The molecule has 1 rings (SSSR count). The van der Waals surface area contributed by atoms with Crippen molar-refractivity contribution in [3.63, 3.8) is 0 Å². The Hall–Kier alpha value is -1.90. The van der Waals surface area contributed by atoms with Crippen molar-refractivity contribution in [1.29, 1.82) is 5.26 Å². The number of hydrogen-bond donors (Lipinski definition) is 1. The first kappa shape index (κ1) is 12.2. The summed E-state index contributed by atoms with van der Waals surface area (Å²) in [4.78, 5) is 15.5. The lowest BCUT2D eigenvalue weighted by atomic mass is 10.1.